The standard InChI is InChI=1S/C11H14ClF2N.ClH/c1-2-7(15)3-4-8-9(12)5-6-10(13)11(8)14;/h5-7H,2-4,15H2,1H3;1H. The summed E-state index contributed by atoms with van der Waals surface area (Å²) in [5.74, 6) is -1.72. The zero-order valence-electron chi connectivity index (χ0n) is 8.97. The fourth-order valence-electron chi connectivity index (χ4n) is 1.33. The molecule has 1 aromatic carbocycles. The van der Waals surface area contributed by atoms with Crippen LogP contribution in [-0.4, -0.2) is 6.04 Å². The number of nitrogens with two attached hydrogens (primary N) is 1. The molecule has 0 aliphatic carbocycles. The van der Waals surface area contributed by atoms with E-state index in [4.69, 9.17) is 17.3 Å². The Hall–Kier alpha value is -0.380. The number of halogens is 4. The van der Waals surface area contributed by atoms with Crippen LogP contribution in [0.2, 0.25) is 5.02 Å². The first-order chi connectivity index (χ1) is 7.06. The van der Waals surface area contributed by atoms with E-state index >= 15 is 0 Å². The summed E-state index contributed by atoms with van der Waals surface area (Å²) in [6.07, 6.45) is 1.79. The molecule has 1 unspecified atom stereocenters. The third kappa shape index (κ3) is 3.89. The van der Waals surface area contributed by atoms with E-state index in [1.807, 2.05) is 6.92 Å². The minimum Gasteiger partial charge on any atom is -0.328 e. The Labute approximate surface area is 105 Å². The largest absolute Gasteiger partial charge is 0.328 e. The van der Waals surface area contributed by atoms with Crippen LogP contribution in [0, 0.1) is 11.6 Å². The number of benzene rings is 1. The second kappa shape index (κ2) is 7.05. The molecule has 0 amide bonds. The van der Waals surface area contributed by atoms with Gasteiger partial charge >= 0.3 is 0 Å². The van der Waals surface area contributed by atoms with Gasteiger partial charge in [-0.05, 0) is 31.4 Å². The van der Waals surface area contributed by atoms with Crippen molar-refractivity contribution >= 4 is 24.0 Å². The van der Waals surface area contributed by atoms with Crippen molar-refractivity contribution in [3.63, 3.8) is 0 Å². The van der Waals surface area contributed by atoms with Gasteiger partial charge in [-0.3, -0.25) is 0 Å². The number of rotatable bonds is 4. The number of hydrogen-bond donors (Lipinski definition) is 1. The van der Waals surface area contributed by atoms with Gasteiger partial charge in [0.2, 0.25) is 0 Å². The molecule has 0 radical (unpaired) electrons. The molecule has 0 saturated carbocycles. The highest BCUT2D eigenvalue weighted by Crippen LogP contribution is 2.23. The van der Waals surface area contributed by atoms with Gasteiger partial charge in [0, 0.05) is 16.6 Å². The zero-order valence-corrected chi connectivity index (χ0v) is 10.5. The van der Waals surface area contributed by atoms with E-state index in [9.17, 15) is 8.78 Å². The minimum absolute atomic E-state index is 0. The molecule has 0 aromatic heterocycles. The maximum atomic E-state index is 13.3. The van der Waals surface area contributed by atoms with Crippen LogP contribution in [0.1, 0.15) is 25.3 Å². The van der Waals surface area contributed by atoms with Gasteiger partial charge in [-0.25, -0.2) is 8.78 Å². The Morgan fingerprint density at radius 1 is 1.38 bits per heavy atom. The van der Waals surface area contributed by atoms with Gasteiger partial charge in [0.05, 0.1) is 0 Å². The Bertz CT molecular complexity index is 345. The van der Waals surface area contributed by atoms with E-state index in [2.05, 4.69) is 0 Å². The first-order valence-corrected chi connectivity index (χ1v) is 5.32. The Morgan fingerprint density at radius 3 is 2.56 bits per heavy atom. The average Bonchev–Trinajstić information content (AvgIpc) is 2.23. The topological polar surface area (TPSA) is 26.0 Å². The predicted octanol–water partition coefficient (Wildman–Crippen LogP) is 3.71. The fourth-order valence-corrected chi connectivity index (χ4v) is 1.57. The molecule has 5 heteroatoms. The van der Waals surface area contributed by atoms with Crippen LogP contribution >= 0.6 is 24.0 Å². The fraction of sp³-hybridized carbons (Fsp3) is 0.455. The van der Waals surface area contributed by atoms with Crippen molar-refractivity contribution in [3.05, 3.63) is 34.4 Å². The Balaban J connectivity index is 0.00000225. The van der Waals surface area contributed by atoms with Gasteiger partial charge in [-0.2, -0.15) is 0 Å². The van der Waals surface area contributed by atoms with Gasteiger partial charge < -0.3 is 5.73 Å². The average molecular weight is 270 g/mol. The van der Waals surface area contributed by atoms with Crippen molar-refractivity contribution in [2.24, 2.45) is 5.73 Å². The molecule has 1 atom stereocenters. The van der Waals surface area contributed by atoms with Crippen LogP contribution in [0.4, 0.5) is 8.78 Å². The third-order valence-electron chi connectivity index (χ3n) is 2.43. The van der Waals surface area contributed by atoms with Crippen LogP contribution in [-0.2, 0) is 6.42 Å². The second-order valence-corrected chi connectivity index (χ2v) is 3.94. The zero-order chi connectivity index (χ0) is 11.4. The van der Waals surface area contributed by atoms with Crippen LogP contribution in [0.3, 0.4) is 0 Å². The lowest BCUT2D eigenvalue weighted by Gasteiger charge is -2.10. The molecule has 0 saturated heterocycles. The predicted molar refractivity (Wildman–Crippen MR) is 65.2 cm³/mol. The van der Waals surface area contributed by atoms with Crippen LogP contribution in [0.15, 0.2) is 12.1 Å². The lowest BCUT2D eigenvalue weighted by Crippen LogP contribution is -2.19. The molecule has 1 rings (SSSR count). The monoisotopic (exact) mass is 269 g/mol. The quantitative estimate of drug-likeness (QED) is 0.829. The molecule has 92 valence electrons. The van der Waals surface area contributed by atoms with Crippen LogP contribution in [0.5, 0.6) is 0 Å². The molecule has 0 aliphatic heterocycles. The maximum absolute atomic E-state index is 13.3. The van der Waals surface area contributed by atoms with Gasteiger partial charge in [-0.1, -0.05) is 18.5 Å². The Morgan fingerprint density at radius 2 is 2.00 bits per heavy atom. The van der Waals surface area contributed by atoms with Crippen LogP contribution < -0.4 is 5.73 Å². The molecule has 2 N–H and O–H groups in total. The molecule has 0 aliphatic rings. The smallest absolute Gasteiger partial charge is 0.163 e. The van der Waals surface area contributed by atoms with E-state index in [1.54, 1.807) is 0 Å². The van der Waals surface area contributed by atoms with E-state index in [1.165, 1.54) is 6.07 Å². The summed E-state index contributed by atoms with van der Waals surface area (Å²) in [7, 11) is 0. The first kappa shape index (κ1) is 15.6. The molecular weight excluding hydrogens is 255 g/mol. The molecule has 0 spiro atoms. The molecule has 0 fully saturated rings. The normalized spacial score (nSPS) is 12.1. The third-order valence-corrected chi connectivity index (χ3v) is 2.78. The van der Waals surface area contributed by atoms with Crippen LogP contribution in [0.25, 0.3) is 0 Å². The van der Waals surface area contributed by atoms with Crippen molar-refractivity contribution in [3.8, 4) is 0 Å². The van der Waals surface area contributed by atoms with E-state index in [0.717, 1.165) is 12.5 Å². The van der Waals surface area contributed by atoms with Crippen molar-refractivity contribution in [1.29, 1.82) is 0 Å². The minimum atomic E-state index is -0.862. The highest BCUT2D eigenvalue weighted by molar-refractivity contribution is 6.31. The number of hydrogen-bond acceptors (Lipinski definition) is 1. The lowest BCUT2D eigenvalue weighted by molar-refractivity contribution is 0.492. The summed E-state index contributed by atoms with van der Waals surface area (Å²) >= 11 is 5.78. The summed E-state index contributed by atoms with van der Waals surface area (Å²) in [6, 6.07) is 2.40. The highest BCUT2D eigenvalue weighted by atomic mass is 35.5. The summed E-state index contributed by atoms with van der Waals surface area (Å²) in [6.45, 7) is 1.95. The molecule has 1 aromatic rings. The van der Waals surface area contributed by atoms with E-state index in [0.29, 0.717) is 12.8 Å². The summed E-state index contributed by atoms with van der Waals surface area (Å²) in [5.41, 5.74) is 5.92. The van der Waals surface area contributed by atoms with Gasteiger partial charge in [0.1, 0.15) is 0 Å². The van der Waals surface area contributed by atoms with E-state index < -0.39 is 11.6 Å². The molecule has 0 bridgehead atoms. The SMILES string of the molecule is CCC(N)CCc1c(Cl)ccc(F)c1F.Cl. The second-order valence-electron chi connectivity index (χ2n) is 3.53. The summed E-state index contributed by atoms with van der Waals surface area (Å²) in [4.78, 5) is 0. The van der Waals surface area contributed by atoms with E-state index in [-0.39, 0.29) is 29.0 Å². The Kier molecular flexibility index (Phi) is 6.88. The molecular formula is C11H15Cl2F2N. The van der Waals surface area contributed by atoms with Crippen molar-refractivity contribution in [2.75, 3.05) is 0 Å². The lowest BCUT2D eigenvalue weighted by atomic mass is 10.0. The van der Waals surface area contributed by atoms with Crippen molar-refractivity contribution < 1.29 is 8.78 Å². The van der Waals surface area contributed by atoms with Gasteiger partial charge in [0.25, 0.3) is 0 Å². The molecule has 1 nitrogen and oxygen atoms in total. The van der Waals surface area contributed by atoms with Gasteiger partial charge in [-0.15, -0.1) is 12.4 Å². The molecule has 16 heavy (non-hydrogen) atoms. The van der Waals surface area contributed by atoms with Crippen molar-refractivity contribution in [2.45, 2.75) is 32.2 Å². The van der Waals surface area contributed by atoms with Gasteiger partial charge in [0.15, 0.2) is 11.6 Å². The van der Waals surface area contributed by atoms with Crippen molar-refractivity contribution in [1.82, 2.24) is 0 Å². The summed E-state index contributed by atoms with van der Waals surface area (Å²) in [5, 5.41) is 0.261. The maximum Gasteiger partial charge on any atom is 0.163 e. The first-order valence-electron chi connectivity index (χ1n) is 4.94. The summed E-state index contributed by atoms with van der Waals surface area (Å²) < 4.78 is 26.2. The highest BCUT2D eigenvalue weighted by Gasteiger charge is 2.13. The molecule has 0 heterocycles.